The zero-order valence-electron chi connectivity index (χ0n) is 12.7. The standard InChI is InChI=1S/C17H24ClNO2/c1-20-15-8-13(17(11-19)6-2-3-7-17)14(18)9-16(15)21-10-12-4-5-12/h8-9,12H,2-7,10-11,19H2,1H3. The highest BCUT2D eigenvalue weighted by Crippen LogP contribution is 2.46. The molecule has 1 aromatic rings. The highest BCUT2D eigenvalue weighted by atomic mass is 35.5. The summed E-state index contributed by atoms with van der Waals surface area (Å²) < 4.78 is 11.4. The molecule has 21 heavy (non-hydrogen) atoms. The van der Waals surface area contributed by atoms with Crippen molar-refractivity contribution in [3.63, 3.8) is 0 Å². The molecule has 0 unspecified atom stereocenters. The van der Waals surface area contributed by atoms with Crippen molar-refractivity contribution in [2.24, 2.45) is 11.7 Å². The monoisotopic (exact) mass is 309 g/mol. The van der Waals surface area contributed by atoms with Crippen LogP contribution >= 0.6 is 11.6 Å². The second-order valence-corrected chi connectivity index (χ2v) is 6.84. The smallest absolute Gasteiger partial charge is 0.162 e. The molecule has 0 heterocycles. The van der Waals surface area contributed by atoms with Crippen LogP contribution in [0.1, 0.15) is 44.1 Å². The summed E-state index contributed by atoms with van der Waals surface area (Å²) in [6.45, 7) is 1.40. The first-order valence-electron chi connectivity index (χ1n) is 7.89. The van der Waals surface area contributed by atoms with Crippen LogP contribution in [0.5, 0.6) is 11.5 Å². The number of hydrogen-bond acceptors (Lipinski definition) is 3. The minimum Gasteiger partial charge on any atom is -0.493 e. The molecule has 1 aromatic carbocycles. The van der Waals surface area contributed by atoms with E-state index in [-0.39, 0.29) is 5.41 Å². The van der Waals surface area contributed by atoms with E-state index in [1.807, 2.05) is 12.1 Å². The fourth-order valence-corrected chi connectivity index (χ4v) is 3.70. The number of benzene rings is 1. The summed E-state index contributed by atoms with van der Waals surface area (Å²) in [5, 5.41) is 0.758. The molecule has 2 saturated carbocycles. The van der Waals surface area contributed by atoms with Crippen molar-refractivity contribution in [2.75, 3.05) is 20.3 Å². The molecule has 3 rings (SSSR count). The highest BCUT2D eigenvalue weighted by molar-refractivity contribution is 6.31. The van der Waals surface area contributed by atoms with Crippen molar-refractivity contribution in [2.45, 2.75) is 43.9 Å². The fraction of sp³-hybridized carbons (Fsp3) is 0.647. The molecular weight excluding hydrogens is 286 g/mol. The lowest BCUT2D eigenvalue weighted by Crippen LogP contribution is -2.32. The third-order valence-corrected chi connectivity index (χ3v) is 5.26. The van der Waals surface area contributed by atoms with Gasteiger partial charge >= 0.3 is 0 Å². The first-order valence-corrected chi connectivity index (χ1v) is 8.27. The lowest BCUT2D eigenvalue weighted by atomic mass is 9.79. The summed E-state index contributed by atoms with van der Waals surface area (Å²) in [5.74, 6) is 2.23. The Morgan fingerprint density at radius 2 is 1.95 bits per heavy atom. The van der Waals surface area contributed by atoms with Gasteiger partial charge in [-0.25, -0.2) is 0 Å². The average molecular weight is 310 g/mol. The van der Waals surface area contributed by atoms with Crippen molar-refractivity contribution in [3.8, 4) is 11.5 Å². The van der Waals surface area contributed by atoms with Crippen LogP contribution in [0.2, 0.25) is 5.02 Å². The van der Waals surface area contributed by atoms with Crippen LogP contribution in [-0.2, 0) is 5.41 Å². The predicted octanol–water partition coefficient (Wildman–Crippen LogP) is 3.91. The van der Waals surface area contributed by atoms with Gasteiger partial charge in [-0.15, -0.1) is 0 Å². The molecule has 0 spiro atoms. The quantitative estimate of drug-likeness (QED) is 0.866. The van der Waals surface area contributed by atoms with Crippen LogP contribution in [0.3, 0.4) is 0 Å². The lowest BCUT2D eigenvalue weighted by molar-refractivity contribution is 0.279. The van der Waals surface area contributed by atoms with Gasteiger partial charge in [-0.1, -0.05) is 24.4 Å². The van der Waals surface area contributed by atoms with Crippen LogP contribution < -0.4 is 15.2 Å². The van der Waals surface area contributed by atoms with Gasteiger partial charge in [0, 0.05) is 23.0 Å². The molecule has 0 bridgehead atoms. The third kappa shape index (κ3) is 3.00. The zero-order chi connectivity index (χ0) is 14.9. The Kier molecular flexibility index (Phi) is 4.32. The average Bonchev–Trinajstić information content (AvgIpc) is 3.21. The normalized spacial score (nSPS) is 20.5. The Morgan fingerprint density at radius 3 is 2.52 bits per heavy atom. The van der Waals surface area contributed by atoms with Crippen molar-refractivity contribution < 1.29 is 9.47 Å². The summed E-state index contributed by atoms with van der Waals surface area (Å²) >= 11 is 6.55. The summed E-state index contributed by atoms with van der Waals surface area (Å²) in [7, 11) is 1.68. The van der Waals surface area contributed by atoms with Gasteiger partial charge in [0.1, 0.15) is 0 Å². The first-order chi connectivity index (χ1) is 10.2. The molecule has 2 aliphatic carbocycles. The van der Waals surface area contributed by atoms with E-state index < -0.39 is 0 Å². The third-order valence-electron chi connectivity index (χ3n) is 4.95. The van der Waals surface area contributed by atoms with Crippen LogP contribution in [0.25, 0.3) is 0 Å². The van der Waals surface area contributed by atoms with Gasteiger partial charge < -0.3 is 15.2 Å². The first kappa shape index (κ1) is 15.0. The van der Waals surface area contributed by atoms with Crippen LogP contribution in [0.4, 0.5) is 0 Å². The van der Waals surface area contributed by atoms with Gasteiger partial charge in [0.2, 0.25) is 0 Å². The number of rotatable bonds is 6. The van der Waals surface area contributed by atoms with Crippen molar-refractivity contribution in [3.05, 3.63) is 22.7 Å². The van der Waals surface area contributed by atoms with E-state index in [4.69, 9.17) is 26.8 Å². The molecule has 0 aromatic heterocycles. The van der Waals surface area contributed by atoms with E-state index in [2.05, 4.69) is 0 Å². The second kappa shape index (κ2) is 6.05. The van der Waals surface area contributed by atoms with Gasteiger partial charge in [-0.3, -0.25) is 0 Å². The Morgan fingerprint density at radius 1 is 1.24 bits per heavy atom. The van der Waals surface area contributed by atoms with Crippen LogP contribution in [0.15, 0.2) is 12.1 Å². The number of ether oxygens (including phenoxy) is 2. The molecule has 0 atom stereocenters. The van der Waals surface area contributed by atoms with Crippen LogP contribution in [0, 0.1) is 5.92 Å². The highest BCUT2D eigenvalue weighted by Gasteiger charge is 2.36. The second-order valence-electron chi connectivity index (χ2n) is 6.43. The minimum absolute atomic E-state index is 0.0133. The van der Waals surface area contributed by atoms with Gasteiger partial charge in [-0.05, 0) is 43.2 Å². The van der Waals surface area contributed by atoms with E-state index in [0.717, 1.165) is 41.5 Å². The number of methoxy groups -OCH3 is 1. The molecule has 2 aliphatic rings. The lowest BCUT2D eigenvalue weighted by Gasteiger charge is -2.29. The Hall–Kier alpha value is -0.930. The molecule has 0 aliphatic heterocycles. The fourth-order valence-electron chi connectivity index (χ4n) is 3.34. The van der Waals surface area contributed by atoms with E-state index in [0.29, 0.717) is 12.5 Å². The summed E-state index contributed by atoms with van der Waals surface area (Å²) in [6.07, 6.45) is 7.18. The van der Waals surface area contributed by atoms with Crippen molar-refractivity contribution in [1.29, 1.82) is 0 Å². The molecule has 0 amide bonds. The number of halogens is 1. The minimum atomic E-state index is 0.0133. The van der Waals surface area contributed by atoms with Crippen LogP contribution in [-0.4, -0.2) is 20.3 Å². The van der Waals surface area contributed by atoms with E-state index in [1.165, 1.54) is 25.7 Å². The van der Waals surface area contributed by atoms with Crippen molar-refractivity contribution in [1.82, 2.24) is 0 Å². The Bertz CT molecular complexity index is 508. The van der Waals surface area contributed by atoms with Gasteiger partial charge in [0.25, 0.3) is 0 Å². The molecule has 2 fully saturated rings. The number of hydrogen-bond donors (Lipinski definition) is 1. The molecule has 116 valence electrons. The zero-order valence-corrected chi connectivity index (χ0v) is 13.4. The molecule has 0 saturated heterocycles. The SMILES string of the molecule is COc1cc(C2(CN)CCCC2)c(Cl)cc1OCC1CC1. The van der Waals surface area contributed by atoms with E-state index in [1.54, 1.807) is 7.11 Å². The largest absolute Gasteiger partial charge is 0.493 e. The molecule has 4 heteroatoms. The maximum absolute atomic E-state index is 6.55. The summed E-state index contributed by atoms with van der Waals surface area (Å²) in [4.78, 5) is 0. The Balaban J connectivity index is 1.90. The molecular formula is C17H24ClNO2. The summed E-state index contributed by atoms with van der Waals surface area (Å²) in [5.41, 5.74) is 7.21. The van der Waals surface area contributed by atoms with Gasteiger partial charge in [-0.2, -0.15) is 0 Å². The predicted molar refractivity (Wildman–Crippen MR) is 85.4 cm³/mol. The van der Waals surface area contributed by atoms with Gasteiger partial charge in [0.05, 0.1) is 13.7 Å². The van der Waals surface area contributed by atoms with E-state index in [9.17, 15) is 0 Å². The maximum atomic E-state index is 6.55. The van der Waals surface area contributed by atoms with Crippen molar-refractivity contribution >= 4 is 11.6 Å². The molecule has 3 nitrogen and oxygen atoms in total. The topological polar surface area (TPSA) is 44.5 Å². The van der Waals surface area contributed by atoms with Gasteiger partial charge in [0.15, 0.2) is 11.5 Å². The number of nitrogens with two attached hydrogens (primary N) is 1. The maximum Gasteiger partial charge on any atom is 0.162 e. The molecule has 2 N–H and O–H groups in total. The molecule has 0 radical (unpaired) electrons. The summed E-state index contributed by atoms with van der Waals surface area (Å²) in [6, 6.07) is 3.95. The van der Waals surface area contributed by atoms with E-state index >= 15 is 0 Å². The Labute approximate surface area is 131 Å².